The first-order valence-electron chi connectivity index (χ1n) is 3.91. The van der Waals surface area contributed by atoms with Gasteiger partial charge in [-0.05, 0) is 12.5 Å². The molecule has 1 amide bonds. The van der Waals surface area contributed by atoms with Crippen LogP contribution in [0.3, 0.4) is 0 Å². The fourth-order valence-electron chi connectivity index (χ4n) is 1.03. The van der Waals surface area contributed by atoms with E-state index in [9.17, 15) is 4.79 Å². The van der Waals surface area contributed by atoms with Crippen molar-refractivity contribution >= 4 is 5.91 Å². The Hall–Kier alpha value is -1.83. The van der Waals surface area contributed by atoms with E-state index in [-0.39, 0.29) is 0 Å². The molecule has 0 spiro atoms. The second-order valence-corrected chi connectivity index (χ2v) is 2.56. The van der Waals surface area contributed by atoms with E-state index in [2.05, 4.69) is 5.10 Å². The maximum atomic E-state index is 11.2. The van der Waals surface area contributed by atoms with E-state index in [4.69, 9.17) is 5.26 Å². The predicted octanol–water partition coefficient (Wildman–Crippen LogP) is 0.193. The van der Waals surface area contributed by atoms with E-state index < -0.39 is 5.91 Å². The lowest BCUT2D eigenvalue weighted by molar-refractivity contribution is 0.0963. The first-order chi connectivity index (χ1) is 6.19. The van der Waals surface area contributed by atoms with E-state index in [1.54, 1.807) is 19.3 Å². The van der Waals surface area contributed by atoms with Crippen molar-refractivity contribution in [2.75, 3.05) is 0 Å². The van der Waals surface area contributed by atoms with Gasteiger partial charge in [0.15, 0.2) is 6.19 Å². The molecule has 0 bridgehead atoms. The highest BCUT2D eigenvalue weighted by Crippen LogP contribution is 2.02. The molecule has 0 aromatic carbocycles. The summed E-state index contributed by atoms with van der Waals surface area (Å²) in [5, 5.41) is 14.4. The van der Waals surface area contributed by atoms with Gasteiger partial charge >= 0.3 is 0 Å². The summed E-state index contributed by atoms with van der Waals surface area (Å²) < 4.78 is 1.46. The number of hydrogen-bond acceptors (Lipinski definition) is 3. The predicted molar refractivity (Wildman–Crippen MR) is 45.7 cm³/mol. The number of hydrogen-bond donors (Lipinski definition) is 1. The van der Waals surface area contributed by atoms with Gasteiger partial charge in [-0.2, -0.15) is 10.4 Å². The molecule has 1 aromatic heterocycles. The topological polar surface area (TPSA) is 70.7 Å². The standard InChI is InChI=1S/C8H10N4O/c1-3-6-4-7(12(2)11-6)8(13)10-5-9/h4H,3H2,1-2H3,(H,10,13). The van der Waals surface area contributed by atoms with Gasteiger partial charge in [0.25, 0.3) is 5.91 Å². The van der Waals surface area contributed by atoms with Crippen molar-refractivity contribution < 1.29 is 4.79 Å². The molecule has 0 fully saturated rings. The fourth-order valence-corrected chi connectivity index (χ4v) is 1.03. The SMILES string of the molecule is CCc1cc(C(=O)NC#N)n(C)n1. The van der Waals surface area contributed by atoms with Crippen molar-refractivity contribution in [2.45, 2.75) is 13.3 Å². The van der Waals surface area contributed by atoms with Crippen LogP contribution in [0.15, 0.2) is 6.07 Å². The summed E-state index contributed by atoms with van der Waals surface area (Å²) in [5.41, 5.74) is 1.24. The summed E-state index contributed by atoms with van der Waals surface area (Å²) in [6.07, 6.45) is 2.35. The van der Waals surface area contributed by atoms with Gasteiger partial charge in [0, 0.05) is 7.05 Å². The lowest BCUT2D eigenvalue weighted by atomic mass is 10.3. The first kappa shape index (κ1) is 9.26. The van der Waals surface area contributed by atoms with Crippen LogP contribution in [0.5, 0.6) is 0 Å². The lowest BCUT2D eigenvalue weighted by Crippen LogP contribution is -2.20. The molecule has 1 N–H and O–H groups in total. The summed E-state index contributed by atoms with van der Waals surface area (Å²) in [5.74, 6) is -0.419. The Labute approximate surface area is 76.0 Å². The molecule has 1 rings (SSSR count). The highest BCUT2D eigenvalue weighted by Gasteiger charge is 2.11. The third-order valence-corrected chi connectivity index (χ3v) is 1.69. The molecule has 0 unspecified atom stereocenters. The van der Waals surface area contributed by atoms with Crippen LogP contribution in [-0.4, -0.2) is 15.7 Å². The van der Waals surface area contributed by atoms with Gasteiger partial charge in [-0.3, -0.25) is 14.8 Å². The van der Waals surface area contributed by atoms with E-state index in [1.165, 1.54) is 4.68 Å². The van der Waals surface area contributed by atoms with Crippen LogP contribution in [0.1, 0.15) is 23.1 Å². The molecular formula is C8H10N4O. The zero-order valence-corrected chi connectivity index (χ0v) is 7.53. The Bertz CT molecular complexity index is 361. The van der Waals surface area contributed by atoms with Crippen LogP contribution in [0.2, 0.25) is 0 Å². The van der Waals surface area contributed by atoms with E-state index in [0.717, 1.165) is 12.1 Å². The molecule has 5 nitrogen and oxygen atoms in total. The van der Waals surface area contributed by atoms with Crippen molar-refractivity contribution in [1.82, 2.24) is 15.1 Å². The largest absolute Gasteiger partial charge is 0.282 e. The Kier molecular flexibility index (Phi) is 2.65. The molecule has 1 heterocycles. The highest BCUT2D eigenvalue weighted by atomic mass is 16.1. The van der Waals surface area contributed by atoms with Gasteiger partial charge in [0.05, 0.1) is 5.69 Å². The number of nitrogens with zero attached hydrogens (tertiary/aromatic N) is 3. The minimum Gasteiger partial charge on any atom is -0.266 e. The second-order valence-electron chi connectivity index (χ2n) is 2.56. The monoisotopic (exact) mass is 178 g/mol. The minimum absolute atomic E-state index is 0.401. The molecule has 13 heavy (non-hydrogen) atoms. The van der Waals surface area contributed by atoms with Crippen LogP contribution in [0.25, 0.3) is 0 Å². The highest BCUT2D eigenvalue weighted by molar-refractivity contribution is 5.93. The average Bonchev–Trinajstić information content (AvgIpc) is 2.47. The fraction of sp³-hybridized carbons (Fsp3) is 0.375. The number of carbonyl (C=O) groups is 1. The molecule has 0 aliphatic rings. The number of aromatic nitrogens is 2. The van der Waals surface area contributed by atoms with Crippen molar-refractivity contribution in [3.05, 3.63) is 17.5 Å². The molecular weight excluding hydrogens is 168 g/mol. The molecule has 0 atom stereocenters. The molecule has 1 aromatic rings. The molecule has 0 saturated carbocycles. The zero-order chi connectivity index (χ0) is 9.84. The quantitative estimate of drug-likeness (QED) is 0.519. The lowest BCUT2D eigenvalue weighted by Gasteiger charge is -1.95. The summed E-state index contributed by atoms with van der Waals surface area (Å²) >= 11 is 0. The Morgan fingerprint density at radius 2 is 2.54 bits per heavy atom. The summed E-state index contributed by atoms with van der Waals surface area (Å²) in [6, 6.07) is 1.67. The molecule has 0 saturated heterocycles. The van der Waals surface area contributed by atoms with Crippen LogP contribution >= 0.6 is 0 Å². The summed E-state index contributed by atoms with van der Waals surface area (Å²) in [7, 11) is 1.67. The first-order valence-corrected chi connectivity index (χ1v) is 3.91. The maximum Gasteiger partial charge on any atom is 0.282 e. The molecule has 5 heteroatoms. The van der Waals surface area contributed by atoms with Crippen molar-refractivity contribution in [3.8, 4) is 6.19 Å². The third-order valence-electron chi connectivity index (χ3n) is 1.69. The van der Waals surface area contributed by atoms with Crippen molar-refractivity contribution in [3.63, 3.8) is 0 Å². The number of nitrogens with one attached hydrogen (secondary N) is 1. The average molecular weight is 178 g/mol. The number of rotatable bonds is 2. The maximum absolute atomic E-state index is 11.2. The smallest absolute Gasteiger partial charge is 0.266 e. The second kappa shape index (κ2) is 3.72. The molecule has 0 radical (unpaired) electrons. The van der Waals surface area contributed by atoms with Crippen LogP contribution in [0, 0.1) is 11.5 Å². The Morgan fingerprint density at radius 3 is 3.00 bits per heavy atom. The Morgan fingerprint density at radius 1 is 1.85 bits per heavy atom. The van der Waals surface area contributed by atoms with Gasteiger partial charge in [-0.15, -0.1) is 0 Å². The molecule has 0 aliphatic carbocycles. The Balaban J connectivity index is 2.95. The van der Waals surface area contributed by atoms with E-state index >= 15 is 0 Å². The minimum atomic E-state index is -0.419. The molecule has 68 valence electrons. The van der Waals surface area contributed by atoms with Crippen LogP contribution < -0.4 is 5.32 Å². The number of carbonyl (C=O) groups excluding carboxylic acids is 1. The zero-order valence-electron chi connectivity index (χ0n) is 7.53. The summed E-state index contributed by atoms with van der Waals surface area (Å²) in [4.78, 5) is 11.2. The van der Waals surface area contributed by atoms with Crippen LogP contribution in [-0.2, 0) is 13.5 Å². The van der Waals surface area contributed by atoms with E-state index in [1.807, 2.05) is 12.2 Å². The molecule has 0 aliphatic heterocycles. The number of aryl methyl sites for hydroxylation is 2. The van der Waals surface area contributed by atoms with Crippen molar-refractivity contribution in [2.24, 2.45) is 7.05 Å². The normalized spacial score (nSPS) is 9.31. The van der Waals surface area contributed by atoms with Gasteiger partial charge in [-0.25, -0.2) is 0 Å². The number of nitriles is 1. The van der Waals surface area contributed by atoms with Crippen molar-refractivity contribution in [1.29, 1.82) is 5.26 Å². The van der Waals surface area contributed by atoms with Gasteiger partial charge in [-0.1, -0.05) is 6.92 Å². The summed E-state index contributed by atoms with van der Waals surface area (Å²) in [6.45, 7) is 1.95. The van der Waals surface area contributed by atoms with Crippen LogP contribution in [0.4, 0.5) is 0 Å². The third kappa shape index (κ3) is 1.85. The van der Waals surface area contributed by atoms with Gasteiger partial charge < -0.3 is 0 Å². The van der Waals surface area contributed by atoms with E-state index in [0.29, 0.717) is 5.69 Å². The number of amides is 1. The van der Waals surface area contributed by atoms with Gasteiger partial charge in [0.1, 0.15) is 5.69 Å². The van der Waals surface area contributed by atoms with Gasteiger partial charge in [0.2, 0.25) is 0 Å².